The van der Waals surface area contributed by atoms with Gasteiger partial charge in [0.25, 0.3) is 0 Å². The number of unbranched alkanes of at least 4 members (excludes halogenated alkanes) is 1. The zero-order valence-corrected chi connectivity index (χ0v) is 10.7. The lowest BCUT2D eigenvalue weighted by atomic mass is 10.1. The maximum absolute atomic E-state index is 11.5. The zero-order chi connectivity index (χ0) is 12.8. The first-order chi connectivity index (χ1) is 8.79. The van der Waals surface area contributed by atoms with Crippen LogP contribution in [-0.2, 0) is 11.2 Å². The summed E-state index contributed by atoms with van der Waals surface area (Å²) >= 11 is 0. The van der Waals surface area contributed by atoms with Crippen molar-refractivity contribution in [3.8, 4) is 5.75 Å². The van der Waals surface area contributed by atoms with Gasteiger partial charge >= 0.3 is 0 Å². The summed E-state index contributed by atoms with van der Waals surface area (Å²) in [6.07, 6.45) is 6.51. The maximum Gasteiger partial charge on any atom is 0.243 e. The van der Waals surface area contributed by atoms with Crippen molar-refractivity contribution in [2.24, 2.45) is 0 Å². The van der Waals surface area contributed by atoms with E-state index in [4.69, 9.17) is 4.74 Å². The average molecular weight is 245 g/mol. The molecule has 1 aliphatic heterocycles. The molecule has 0 spiro atoms. The normalized spacial score (nSPS) is 13.4. The molecule has 1 N–H and O–H groups in total. The average Bonchev–Trinajstić information content (AvgIpc) is 2.84. The Hall–Kier alpha value is -1.77. The van der Waals surface area contributed by atoms with Gasteiger partial charge in [0.1, 0.15) is 5.75 Å². The molecule has 0 radical (unpaired) electrons. The van der Waals surface area contributed by atoms with Crippen molar-refractivity contribution < 1.29 is 9.53 Å². The second-order valence-electron chi connectivity index (χ2n) is 4.44. The molecule has 0 unspecified atom stereocenters. The lowest BCUT2D eigenvalue weighted by molar-refractivity contribution is -0.116. The van der Waals surface area contributed by atoms with Crippen LogP contribution in [-0.4, -0.2) is 19.1 Å². The minimum atomic E-state index is -0.0276. The van der Waals surface area contributed by atoms with Crippen molar-refractivity contribution in [1.82, 2.24) is 5.32 Å². The van der Waals surface area contributed by atoms with E-state index in [2.05, 4.69) is 18.3 Å². The van der Waals surface area contributed by atoms with Gasteiger partial charge in [0, 0.05) is 19.0 Å². The van der Waals surface area contributed by atoms with Crippen molar-refractivity contribution in [2.75, 3.05) is 13.2 Å². The molecule has 0 aromatic heterocycles. The molecule has 1 aromatic rings. The predicted molar refractivity (Wildman–Crippen MR) is 72.6 cm³/mol. The Kier molecular flexibility index (Phi) is 4.40. The monoisotopic (exact) mass is 245 g/mol. The highest BCUT2D eigenvalue weighted by molar-refractivity contribution is 5.91. The number of benzene rings is 1. The molecule has 0 bridgehead atoms. The summed E-state index contributed by atoms with van der Waals surface area (Å²) in [5.74, 6) is 0.944. The van der Waals surface area contributed by atoms with Crippen LogP contribution in [0.15, 0.2) is 24.3 Å². The lowest BCUT2D eigenvalue weighted by Crippen LogP contribution is -2.21. The van der Waals surface area contributed by atoms with Crippen LogP contribution in [0.2, 0.25) is 0 Å². The van der Waals surface area contributed by atoms with E-state index < -0.39 is 0 Å². The second-order valence-corrected chi connectivity index (χ2v) is 4.44. The summed E-state index contributed by atoms with van der Waals surface area (Å²) in [5, 5.41) is 2.86. The largest absolute Gasteiger partial charge is 0.493 e. The summed E-state index contributed by atoms with van der Waals surface area (Å²) in [7, 11) is 0. The fourth-order valence-corrected chi connectivity index (χ4v) is 1.93. The molecule has 3 nitrogen and oxygen atoms in total. The molecule has 2 rings (SSSR count). The molecular weight excluding hydrogens is 226 g/mol. The first-order valence-corrected chi connectivity index (χ1v) is 6.51. The highest BCUT2D eigenvalue weighted by atomic mass is 16.5. The van der Waals surface area contributed by atoms with E-state index in [9.17, 15) is 4.79 Å². The molecule has 0 aliphatic carbocycles. The standard InChI is InChI=1S/C15H19NO2/c1-2-3-9-16-15(17)7-5-12-4-6-14-13(11-12)8-10-18-14/h4-7,11H,2-3,8-10H2,1H3,(H,16,17)/b7-5+. The van der Waals surface area contributed by atoms with E-state index in [1.807, 2.05) is 18.2 Å². The molecular formula is C15H19NO2. The SMILES string of the molecule is CCCCNC(=O)/C=C/c1ccc2c(c1)CCO2. The quantitative estimate of drug-likeness (QED) is 0.639. The fourth-order valence-electron chi connectivity index (χ4n) is 1.93. The Labute approximate surface area is 108 Å². The van der Waals surface area contributed by atoms with Gasteiger partial charge in [-0.25, -0.2) is 0 Å². The third-order valence-corrected chi connectivity index (χ3v) is 2.97. The van der Waals surface area contributed by atoms with Crippen molar-refractivity contribution in [3.05, 3.63) is 35.4 Å². The van der Waals surface area contributed by atoms with Crippen LogP contribution >= 0.6 is 0 Å². The first kappa shape index (κ1) is 12.7. The van der Waals surface area contributed by atoms with E-state index >= 15 is 0 Å². The van der Waals surface area contributed by atoms with Gasteiger partial charge in [-0.2, -0.15) is 0 Å². The third-order valence-electron chi connectivity index (χ3n) is 2.97. The number of amides is 1. The Morgan fingerprint density at radius 1 is 1.50 bits per heavy atom. The molecule has 1 aliphatic rings. The minimum Gasteiger partial charge on any atom is -0.493 e. The maximum atomic E-state index is 11.5. The van der Waals surface area contributed by atoms with E-state index in [1.165, 1.54) is 5.56 Å². The molecule has 0 atom stereocenters. The van der Waals surface area contributed by atoms with Crippen LogP contribution in [0.4, 0.5) is 0 Å². The summed E-state index contributed by atoms with van der Waals surface area (Å²) in [6, 6.07) is 6.02. The van der Waals surface area contributed by atoms with Gasteiger partial charge in [-0.15, -0.1) is 0 Å². The van der Waals surface area contributed by atoms with Gasteiger partial charge < -0.3 is 10.1 Å². The van der Waals surface area contributed by atoms with Gasteiger partial charge in [0.15, 0.2) is 0 Å². The lowest BCUT2D eigenvalue weighted by Gasteiger charge is -2.01. The van der Waals surface area contributed by atoms with Gasteiger partial charge in [-0.1, -0.05) is 19.4 Å². The zero-order valence-electron chi connectivity index (χ0n) is 10.7. The van der Waals surface area contributed by atoms with Crippen molar-refractivity contribution in [3.63, 3.8) is 0 Å². The second kappa shape index (κ2) is 6.24. The third kappa shape index (κ3) is 3.36. The minimum absolute atomic E-state index is 0.0276. The highest BCUT2D eigenvalue weighted by Crippen LogP contribution is 2.26. The fraction of sp³-hybridized carbons (Fsp3) is 0.400. The molecule has 96 valence electrons. The van der Waals surface area contributed by atoms with Crippen LogP contribution in [0.3, 0.4) is 0 Å². The van der Waals surface area contributed by atoms with Crippen LogP contribution in [0.25, 0.3) is 6.08 Å². The summed E-state index contributed by atoms with van der Waals surface area (Å²) in [6.45, 7) is 3.62. The topological polar surface area (TPSA) is 38.3 Å². The Morgan fingerprint density at radius 3 is 3.22 bits per heavy atom. The highest BCUT2D eigenvalue weighted by Gasteiger charge is 2.10. The number of hydrogen-bond acceptors (Lipinski definition) is 2. The van der Waals surface area contributed by atoms with Crippen LogP contribution < -0.4 is 10.1 Å². The summed E-state index contributed by atoms with van der Waals surface area (Å²) < 4.78 is 5.44. The number of hydrogen-bond donors (Lipinski definition) is 1. The van der Waals surface area contributed by atoms with Crippen molar-refractivity contribution in [1.29, 1.82) is 0 Å². The number of ether oxygens (including phenoxy) is 1. The molecule has 0 fully saturated rings. The van der Waals surface area contributed by atoms with Gasteiger partial charge in [-0.05, 0) is 35.8 Å². The van der Waals surface area contributed by atoms with Gasteiger partial charge in [0.05, 0.1) is 6.61 Å². The van der Waals surface area contributed by atoms with Gasteiger partial charge in [-0.3, -0.25) is 4.79 Å². The van der Waals surface area contributed by atoms with E-state index in [1.54, 1.807) is 6.08 Å². The number of rotatable bonds is 5. The molecule has 0 saturated carbocycles. The van der Waals surface area contributed by atoms with E-state index in [0.717, 1.165) is 43.7 Å². The Balaban J connectivity index is 1.90. The number of carbonyl (C=O) groups is 1. The molecule has 0 saturated heterocycles. The molecule has 1 amide bonds. The smallest absolute Gasteiger partial charge is 0.243 e. The molecule has 18 heavy (non-hydrogen) atoms. The van der Waals surface area contributed by atoms with Crippen molar-refractivity contribution in [2.45, 2.75) is 26.2 Å². The van der Waals surface area contributed by atoms with E-state index in [0.29, 0.717) is 0 Å². The van der Waals surface area contributed by atoms with Crippen LogP contribution in [0.5, 0.6) is 5.75 Å². The van der Waals surface area contributed by atoms with Gasteiger partial charge in [0.2, 0.25) is 5.91 Å². The molecule has 1 heterocycles. The number of nitrogens with one attached hydrogen (secondary N) is 1. The van der Waals surface area contributed by atoms with Crippen LogP contribution in [0, 0.1) is 0 Å². The predicted octanol–water partition coefficient (Wildman–Crippen LogP) is 2.55. The van der Waals surface area contributed by atoms with Crippen molar-refractivity contribution >= 4 is 12.0 Å². The summed E-state index contributed by atoms with van der Waals surface area (Å²) in [5.41, 5.74) is 2.27. The molecule has 1 aromatic carbocycles. The Morgan fingerprint density at radius 2 is 2.39 bits per heavy atom. The van der Waals surface area contributed by atoms with Crippen LogP contribution in [0.1, 0.15) is 30.9 Å². The number of fused-ring (bicyclic) bond motifs is 1. The Bertz CT molecular complexity index is 452. The molecule has 3 heteroatoms. The first-order valence-electron chi connectivity index (χ1n) is 6.51. The summed E-state index contributed by atoms with van der Waals surface area (Å²) in [4.78, 5) is 11.5. The van der Waals surface area contributed by atoms with E-state index in [-0.39, 0.29) is 5.91 Å². The number of carbonyl (C=O) groups excluding carboxylic acids is 1.